The largest absolute Gasteiger partial charge is 0.455 e. The molecule has 0 spiro atoms. The molecule has 0 unspecified atom stereocenters. The molecule has 1 aliphatic heterocycles. The van der Waals surface area contributed by atoms with Crippen LogP contribution < -0.4 is 4.90 Å². The Morgan fingerprint density at radius 3 is 2.82 bits per heavy atom. The highest BCUT2D eigenvalue weighted by Crippen LogP contribution is 2.32. The summed E-state index contributed by atoms with van der Waals surface area (Å²) < 4.78 is 10.4. The Balaban J connectivity index is 1.44. The smallest absolute Gasteiger partial charge is 0.311 e. The van der Waals surface area contributed by atoms with E-state index in [-0.39, 0.29) is 30.7 Å². The van der Waals surface area contributed by atoms with Crippen molar-refractivity contribution < 1.29 is 18.8 Å². The molecule has 3 aromatic rings. The maximum atomic E-state index is 12.6. The first-order valence-electron chi connectivity index (χ1n) is 9.30. The molecule has 0 saturated carbocycles. The van der Waals surface area contributed by atoms with Gasteiger partial charge in [0, 0.05) is 24.3 Å². The van der Waals surface area contributed by atoms with Crippen LogP contribution in [-0.2, 0) is 20.9 Å². The van der Waals surface area contributed by atoms with E-state index in [2.05, 4.69) is 10.1 Å². The lowest BCUT2D eigenvalue weighted by molar-refractivity contribution is -0.150. The van der Waals surface area contributed by atoms with Gasteiger partial charge in [-0.05, 0) is 11.5 Å². The number of aromatic nitrogens is 2. The van der Waals surface area contributed by atoms with E-state index in [1.807, 2.05) is 56.3 Å². The van der Waals surface area contributed by atoms with E-state index in [0.717, 1.165) is 16.5 Å². The Hall–Kier alpha value is -3.22. The zero-order valence-electron chi connectivity index (χ0n) is 15.8. The molecule has 0 bridgehead atoms. The fourth-order valence-electron chi connectivity index (χ4n) is 3.35. The number of fused-ring (bicyclic) bond motifs is 1. The molecular formula is C21H21N3O4. The minimum atomic E-state index is -0.515. The van der Waals surface area contributed by atoms with Crippen molar-refractivity contribution in [3.8, 4) is 0 Å². The summed E-state index contributed by atoms with van der Waals surface area (Å²) in [7, 11) is 0. The summed E-state index contributed by atoms with van der Waals surface area (Å²) in [6, 6.07) is 13.7. The summed E-state index contributed by atoms with van der Waals surface area (Å²) in [4.78, 5) is 30.9. The zero-order valence-corrected chi connectivity index (χ0v) is 15.8. The first kappa shape index (κ1) is 18.2. The molecular weight excluding hydrogens is 358 g/mol. The van der Waals surface area contributed by atoms with E-state index in [1.54, 1.807) is 4.90 Å². The molecule has 1 aliphatic rings. The summed E-state index contributed by atoms with van der Waals surface area (Å²) in [6.45, 7) is 4.11. The molecule has 4 rings (SSSR count). The molecule has 2 heterocycles. The first-order valence-corrected chi connectivity index (χ1v) is 9.30. The number of rotatable bonds is 5. The summed E-state index contributed by atoms with van der Waals surface area (Å²) in [5.41, 5.74) is 0.817. The third-order valence-corrected chi connectivity index (χ3v) is 4.85. The van der Waals surface area contributed by atoms with Crippen LogP contribution in [0.25, 0.3) is 10.8 Å². The van der Waals surface area contributed by atoms with Gasteiger partial charge in [-0.25, -0.2) is 0 Å². The van der Waals surface area contributed by atoms with Crippen molar-refractivity contribution in [1.82, 2.24) is 10.1 Å². The van der Waals surface area contributed by atoms with E-state index in [4.69, 9.17) is 9.26 Å². The topological polar surface area (TPSA) is 85.5 Å². The summed E-state index contributed by atoms with van der Waals surface area (Å²) >= 11 is 0. The number of benzene rings is 2. The monoisotopic (exact) mass is 379 g/mol. The lowest BCUT2D eigenvalue weighted by Gasteiger charge is -2.18. The lowest BCUT2D eigenvalue weighted by atomic mass is 10.1. The molecule has 7 heteroatoms. The molecule has 1 fully saturated rings. The summed E-state index contributed by atoms with van der Waals surface area (Å²) in [5.74, 6) is -0.0658. The van der Waals surface area contributed by atoms with Crippen LogP contribution in [-0.4, -0.2) is 28.6 Å². The summed E-state index contributed by atoms with van der Waals surface area (Å²) in [5, 5.41) is 5.88. The van der Waals surface area contributed by atoms with Crippen molar-refractivity contribution in [2.24, 2.45) is 5.92 Å². The van der Waals surface area contributed by atoms with Crippen LogP contribution in [0, 0.1) is 5.92 Å². The molecule has 0 N–H and O–H groups in total. The second kappa shape index (κ2) is 7.42. The van der Waals surface area contributed by atoms with Gasteiger partial charge in [0.25, 0.3) is 5.89 Å². The number of hydrogen-bond donors (Lipinski definition) is 0. The standard InChI is InChI=1S/C21H21N3O4/c1-13(2)20-22-18(28-23-20)12-27-21(26)15-10-19(25)24(11-15)17-9-5-7-14-6-3-4-8-16(14)17/h3-9,13,15H,10-12H2,1-2H3/t15-/m0/s1. The molecule has 1 atom stereocenters. The van der Waals surface area contributed by atoms with Gasteiger partial charge in [-0.2, -0.15) is 4.98 Å². The van der Waals surface area contributed by atoms with E-state index >= 15 is 0 Å². The van der Waals surface area contributed by atoms with Crippen molar-refractivity contribution in [2.75, 3.05) is 11.4 Å². The van der Waals surface area contributed by atoms with Gasteiger partial charge in [0.2, 0.25) is 5.91 Å². The van der Waals surface area contributed by atoms with Gasteiger partial charge in [0.15, 0.2) is 12.4 Å². The van der Waals surface area contributed by atoms with E-state index in [0.29, 0.717) is 12.4 Å². The number of carbonyl (C=O) groups is 2. The Morgan fingerprint density at radius 1 is 1.25 bits per heavy atom. The van der Waals surface area contributed by atoms with Crippen molar-refractivity contribution in [3.05, 3.63) is 54.2 Å². The van der Waals surface area contributed by atoms with Crippen molar-refractivity contribution >= 4 is 28.3 Å². The molecule has 0 radical (unpaired) electrons. The number of esters is 1. The normalized spacial score (nSPS) is 16.9. The van der Waals surface area contributed by atoms with E-state index < -0.39 is 11.9 Å². The highest BCUT2D eigenvalue weighted by atomic mass is 16.6. The van der Waals surface area contributed by atoms with Crippen LogP contribution in [0.4, 0.5) is 5.69 Å². The predicted molar refractivity (Wildman–Crippen MR) is 103 cm³/mol. The second-order valence-corrected chi connectivity index (χ2v) is 7.21. The summed E-state index contributed by atoms with van der Waals surface area (Å²) in [6.07, 6.45) is 0.128. The van der Waals surface area contributed by atoms with Gasteiger partial charge < -0.3 is 14.2 Å². The lowest BCUT2D eigenvalue weighted by Crippen LogP contribution is -2.26. The van der Waals surface area contributed by atoms with Crippen LogP contribution in [0.1, 0.15) is 37.9 Å². The quantitative estimate of drug-likeness (QED) is 0.631. The third kappa shape index (κ3) is 3.47. The minimum absolute atomic E-state index is 0.0850. The van der Waals surface area contributed by atoms with Crippen LogP contribution >= 0.6 is 0 Å². The molecule has 28 heavy (non-hydrogen) atoms. The van der Waals surface area contributed by atoms with Crippen LogP contribution in [0.2, 0.25) is 0 Å². The predicted octanol–water partition coefficient (Wildman–Crippen LogP) is 3.44. The van der Waals surface area contributed by atoms with Crippen LogP contribution in [0.15, 0.2) is 47.0 Å². The molecule has 144 valence electrons. The number of amides is 1. The van der Waals surface area contributed by atoms with Crippen molar-refractivity contribution in [3.63, 3.8) is 0 Å². The van der Waals surface area contributed by atoms with Crippen molar-refractivity contribution in [1.29, 1.82) is 0 Å². The number of hydrogen-bond acceptors (Lipinski definition) is 6. The SMILES string of the molecule is CC(C)c1noc(COC(=O)[C@H]2CC(=O)N(c3cccc4ccccc34)C2)n1. The van der Waals surface area contributed by atoms with E-state index in [9.17, 15) is 9.59 Å². The Kier molecular flexibility index (Phi) is 4.81. The molecule has 1 saturated heterocycles. The maximum Gasteiger partial charge on any atom is 0.311 e. The molecule has 2 aromatic carbocycles. The van der Waals surface area contributed by atoms with Crippen LogP contribution in [0.3, 0.4) is 0 Å². The fraction of sp³-hybridized carbons (Fsp3) is 0.333. The average molecular weight is 379 g/mol. The fourth-order valence-corrected chi connectivity index (χ4v) is 3.35. The van der Waals surface area contributed by atoms with Gasteiger partial charge in [0.05, 0.1) is 11.6 Å². The van der Waals surface area contributed by atoms with E-state index in [1.165, 1.54) is 0 Å². The maximum absolute atomic E-state index is 12.6. The Labute approximate surface area is 162 Å². The zero-order chi connectivity index (χ0) is 19.7. The van der Waals surface area contributed by atoms with Gasteiger partial charge in [-0.3, -0.25) is 9.59 Å². The minimum Gasteiger partial charge on any atom is -0.455 e. The Morgan fingerprint density at radius 2 is 2.04 bits per heavy atom. The highest BCUT2D eigenvalue weighted by molar-refractivity contribution is 6.06. The van der Waals surface area contributed by atoms with Crippen molar-refractivity contribution in [2.45, 2.75) is 32.8 Å². The number of anilines is 1. The highest BCUT2D eigenvalue weighted by Gasteiger charge is 2.36. The van der Waals surface area contributed by atoms with Gasteiger partial charge in [-0.1, -0.05) is 55.4 Å². The van der Waals surface area contributed by atoms with Gasteiger partial charge >= 0.3 is 5.97 Å². The number of carbonyl (C=O) groups excluding carboxylic acids is 2. The first-order chi connectivity index (χ1) is 13.5. The van der Waals surface area contributed by atoms with Gasteiger partial charge in [-0.15, -0.1) is 0 Å². The molecule has 1 aromatic heterocycles. The molecule has 7 nitrogen and oxygen atoms in total. The number of nitrogens with zero attached hydrogens (tertiary/aromatic N) is 3. The third-order valence-electron chi connectivity index (χ3n) is 4.85. The van der Waals surface area contributed by atoms with Gasteiger partial charge in [0.1, 0.15) is 0 Å². The second-order valence-electron chi connectivity index (χ2n) is 7.21. The average Bonchev–Trinajstić information content (AvgIpc) is 3.32. The number of ether oxygens (including phenoxy) is 1. The molecule has 1 amide bonds. The Bertz CT molecular complexity index is 1020. The molecule has 0 aliphatic carbocycles. The van der Waals surface area contributed by atoms with Crippen LogP contribution in [0.5, 0.6) is 0 Å².